The summed E-state index contributed by atoms with van der Waals surface area (Å²) in [6.45, 7) is 5.28. The van der Waals surface area contributed by atoms with Gasteiger partial charge in [0.2, 0.25) is 0 Å². The van der Waals surface area contributed by atoms with E-state index >= 15 is 0 Å². The summed E-state index contributed by atoms with van der Waals surface area (Å²) in [5.41, 5.74) is 9.38. The first kappa shape index (κ1) is 12.4. The average Bonchev–Trinajstić information content (AvgIpc) is 2.35. The predicted molar refractivity (Wildman–Crippen MR) is 70.9 cm³/mol. The summed E-state index contributed by atoms with van der Waals surface area (Å²) in [4.78, 5) is 2.46. The summed E-state index contributed by atoms with van der Waals surface area (Å²) in [5, 5.41) is 0. The van der Waals surface area contributed by atoms with Crippen molar-refractivity contribution in [1.29, 1.82) is 0 Å². The van der Waals surface area contributed by atoms with E-state index in [0.29, 0.717) is 6.10 Å². The lowest BCUT2D eigenvalue weighted by Crippen LogP contribution is -2.38. The van der Waals surface area contributed by atoms with E-state index in [1.807, 2.05) is 12.1 Å². The van der Waals surface area contributed by atoms with Crippen molar-refractivity contribution in [2.45, 2.75) is 32.4 Å². The van der Waals surface area contributed by atoms with Crippen molar-refractivity contribution in [3.8, 4) is 0 Å². The van der Waals surface area contributed by atoms with Crippen molar-refractivity contribution in [3.05, 3.63) is 29.3 Å². The highest BCUT2D eigenvalue weighted by atomic mass is 16.5. The quantitative estimate of drug-likeness (QED) is 0.815. The van der Waals surface area contributed by atoms with E-state index in [4.69, 9.17) is 10.5 Å². The Hall–Kier alpha value is -1.06. The lowest BCUT2D eigenvalue weighted by atomic mass is 10.0. The number of anilines is 1. The number of methoxy groups -OCH3 is 1. The lowest BCUT2D eigenvalue weighted by Gasteiger charge is -2.32. The number of rotatable bonds is 3. The van der Waals surface area contributed by atoms with Gasteiger partial charge in [-0.2, -0.15) is 0 Å². The molecule has 94 valence electrons. The Kier molecular flexibility index (Phi) is 4.02. The Morgan fingerprint density at radius 2 is 2.29 bits per heavy atom. The van der Waals surface area contributed by atoms with Crippen LogP contribution in [0.25, 0.3) is 0 Å². The fraction of sp³-hybridized carbons (Fsp3) is 0.571. The maximum atomic E-state index is 5.94. The Morgan fingerprint density at radius 1 is 1.47 bits per heavy atom. The van der Waals surface area contributed by atoms with Gasteiger partial charge in [-0.05, 0) is 43.5 Å². The average molecular weight is 234 g/mol. The van der Waals surface area contributed by atoms with E-state index < -0.39 is 0 Å². The zero-order valence-corrected chi connectivity index (χ0v) is 10.8. The van der Waals surface area contributed by atoms with Gasteiger partial charge >= 0.3 is 0 Å². The van der Waals surface area contributed by atoms with Crippen molar-refractivity contribution >= 4 is 5.69 Å². The molecule has 2 N–H and O–H groups in total. The first-order valence-corrected chi connectivity index (χ1v) is 6.30. The van der Waals surface area contributed by atoms with E-state index in [0.717, 1.165) is 25.3 Å². The third-order valence-electron chi connectivity index (χ3n) is 3.68. The topological polar surface area (TPSA) is 38.5 Å². The molecular weight excluding hydrogens is 212 g/mol. The van der Waals surface area contributed by atoms with E-state index in [2.05, 4.69) is 17.9 Å². The number of nitrogen functional groups attached to an aromatic ring is 1. The highest BCUT2D eigenvalue weighted by Crippen LogP contribution is 2.20. The Bertz CT molecular complexity index is 378. The van der Waals surface area contributed by atoms with Gasteiger partial charge in [0.25, 0.3) is 0 Å². The van der Waals surface area contributed by atoms with Gasteiger partial charge in [-0.15, -0.1) is 0 Å². The number of piperidine rings is 1. The van der Waals surface area contributed by atoms with E-state index in [1.54, 1.807) is 7.11 Å². The highest BCUT2D eigenvalue weighted by molar-refractivity contribution is 5.49. The van der Waals surface area contributed by atoms with Crippen LogP contribution in [-0.2, 0) is 11.3 Å². The molecule has 1 heterocycles. The van der Waals surface area contributed by atoms with Gasteiger partial charge in [-0.25, -0.2) is 0 Å². The molecule has 17 heavy (non-hydrogen) atoms. The zero-order valence-electron chi connectivity index (χ0n) is 10.8. The number of benzene rings is 1. The van der Waals surface area contributed by atoms with Crippen LogP contribution in [0.15, 0.2) is 18.2 Å². The van der Waals surface area contributed by atoms with Crippen molar-refractivity contribution in [2.24, 2.45) is 0 Å². The second-order valence-electron chi connectivity index (χ2n) is 4.87. The van der Waals surface area contributed by atoms with Crippen molar-refractivity contribution in [1.82, 2.24) is 4.90 Å². The second-order valence-corrected chi connectivity index (χ2v) is 4.87. The summed E-state index contributed by atoms with van der Waals surface area (Å²) >= 11 is 0. The first-order valence-electron chi connectivity index (χ1n) is 6.30. The molecular formula is C14H22N2O. The normalized spacial score (nSPS) is 21.6. The summed E-state index contributed by atoms with van der Waals surface area (Å²) in [6.07, 6.45) is 2.80. The first-order chi connectivity index (χ1) is 8.20. The second kappa shape index (κ2) is 5.52. The minimum Gasteiger partial charge on any atom is -0.399 e. The van der Waals surface area contributed by atoms with Crippen molar-refractivity contribution < 1.29 is 4.74 Å². The molecule has 1 unspecified atom stereocenters. The van der Waals surface area contributed by atoms with Crippen LogP contribution in [0, 0.1) is 6.92 Å². The molecule has 3 nitrogen and oxygen atoms in total. The molecule has 0 radical (unpaired) electrons. The number of nitrogens with zero attached hydrogens (tertiary/aromatic N) is 1. The number of nitrogens with two attached hydrogens (primary N) is 1. The molecule has 1 saturated heterocycles. The Balaban J connectivity index is 2.02. The Morgan fingerprint density at radius 3 is 3.06 bits per heavy atom. The Labute approximate surface area is 104 Å². The van der Waals surface area contributed by atoms with Gasteiger partial charge in [0.05, 0.1) is 6.10 Å². The molecule has 1 fully saturated rings. The molecule has 1 aliphatic heterocycles. The number of likely N-dealkylation sites (tertiary alicyclic amines) is 1. The molecule has 3 heteroatoms. The molecule has 1 aromatic rings. The van der Waals surface area contributed by atoms with Crippen LogP contribution in [0.2, 0.25) is 0 Å². The molecule has 0 saturated carbocycles. The highest BCUT2D eigenvalue weighted by Gasteiger charge is 2.19. The van der Waals surface area contributed by atoms with Gasteiger partial charge in [-0.1, -0.05) is 12.1 Å². The predicted octanol–water partition coefficient (Wildman–Crippen LogP) is 2.19. The van der Waals surface area contributed by atoms with Crippen LogP contribution >= 0.6 is 0 Å². The van der Waals surface area contributed by atoms with Crippen LogP contribution in [-0.4, -0.2) is 31.2 Å². The van der Waals surface area contributed by atoms with Crippen LogP contribution in [0.5, 0.6) is 0 Å². The maximum Gasteiger partial charge on any atom is 0.0698 e. The van der Waals surface area contributed by atoms with Gasteiger partial charge in [0.15, 0.2) is 0 Å². The fourth-order valence-corrected chi connectivity index (χ4v) is 2.46. The number of ether oxygens (including phenoxy) is 1. The summed E-state index contributed by atoms with van der Waals surface area (Å²) in [6, 6.07) is 6.17. The minimum atomic E-state index is 0.394. The summed E-state index contributed by atoms with van der Waals surface area (Å²) < 4.78 is 5.45. The molecule has 1 aliphatic rings. The standard InChI is InChI=1S/C14H22N2O/c1-11-12(5-3-7-14(11)15)9-16-8-4-6-13(10-16)17-2/h3,5,7,13H,4,6,8-10,15H2,1-2H3. The van der Waals surface area contributed by atoms with Crippen LogP contribution in [0.4, 0.5) is 5.69 Å². The number of hydrogen-bond acceptors (Lipinski definition) is 3. The van der Waals surface area contributed by atoms with E-state index in [1.165, 1.54) is 24.0 Å². The fourth-order valence-electron chi connectivity index (χ4n) is 2.46. The van der Waals surface area contributed by atoms with Crippen LogP contribution in [0.3, 0.4) is 0 Å². The van der Waals surface area contributed by atoms with Crippen LogP contribution < -0.4 is 5.73 Å². The molecule has 0 aliphatic carbocycles. The molecule has 0 amide bonds. The van der Waals surface area contributed by atoms with Crippen molar-refractivity contribution in [3.63, 3.8) is 0 Å². The lowest BCUT2D eigenvalue weighted by molar-refractivity contribution is 0.0285. The maximum absolute atomic E-state index is 5.94. The molecule has 0 aromatic heterocycles. The van der Waals surface area contributed by atoms with Crippen molar-refractivity contribution in [2.75, 3.05) is 25.9 Å². The number of hydrogen-bond donors (Lipinski definition) is 1. The molecule has 1 atom stereocenters. The summed E-state index contributed by atoms with van der Waals surface area (Å²) in [5.74, 6) is 0. The molecule has 1 aromatic carbocycles. The van der Waals surface area contributed by atoms with Gasteiger partial charge < -0.3 is 10.5 Å². The molecule has 0 bridgehead atoms. The minimum absolute atomic E-state index is 0.394. The molecule has 0 spiro atoms. The third kappa shape index (κ3) is 2.99. The SMILES string of the molecule is COC1CCCN(Cc2cccc(N)c2C)C1. The molecule has 2 rings (SSSR count). The largest absolute Gasteiger partial charge is 0.399 e. The van der Waals surface area contributed by atoms with E-state index in [9.17, 15) is 0 Å². The monoisotopic (exact) mass is 234 g/mol. The smallest absolute Gasteiger partial charge is 0.0698 e. The zero-order chi connectivity index (χ0) is 12.3. The summed E-state index contributed by atoms with van der Waals surface area (Å²) in [7, 11) is 1.81. The van der Waals surface area contributed by atoms with Crippen LogP contribution in [0.1, 0.15) is 24.0 Å². The van der Waals surface area contributed by atoms with E-state index in [-0.39, 0.29) is 0 Å². The third-order valence-corrected chi connectivity index (χ3v) is 3.68. The van der Waals surface area contributed by atoms with Gasteiger partial charge in [-0.3, -0.25) is 4.90 Å². The van der Waals surface area contributed by atoms with Gasteiger partial charge in [0, 0.05) is 25.9 Å². The van der Waals surface area contributed by atoms with Gasteiger partial charge in [0.1, 0.15) is 0 Å².